The van der Waals surface area contributed by atoms with Gasteiger partial charge in [-0.05, 0) is 37.7 Å². The van der Waals surface area contributed by atoms with Gasteiger partial charge in [-0.25, -0.2) is 9.37 Å². The first-order valence-corrected chi connectivity index (χ1v) is 5.13. The van der Waals surface area contributed by atoms with Crippen LogP contribution in [0.1, 0.15) is 11.5 Å². The molecule has 84 valence electrons. The third kappa shape index (κ3) is 2.12. The summed E-state index contributed by atoms with van der Waals surface area (Å²) in [6, 6.07) is 6.06. The summed E-state index contributed by atoms with van der Waals surface area (Å²) in [6.07, 6.45) is 0.667. The molecule has 0 unspecified atom stereocenters. The van der Waals surface area contributed by atoms with Gasteiger partial charge in [0, 0.05) is 12.0 Å². The maximum Gasteiger partial charge on any atom is 0.226 e. The van der Waals surface area contributed by atoms with E-state index in [2.05, 4.69) is 4.98 Å². The van der Waals surface area contributed by atoms with Crippen LogP contribution in [0.25, 0.3) is 11.5 Å². The van der Waals surface area contributed by atoms with Crippen LogP contribution in [0.2, 0.25) is 0 Å². The number of hydrogen-bond acceptors (Lipinski definition) is 3. The number of oxazole rings is 1. The quantitative estimate of drug-likeness (QED) is 0.863. The lowest BCUT2D eigenvalue weighted by molar-refractivity contribution is 0.517. The first kappa shape index (κ1) is 10.8. The Hall–Kier alpha value is -1.68. The van der Waals surface area contributed by atoms with Crippen LogP contribution < -0.4 is 5.73 Å². The summed E-state index contributed by atoms with van der Waals surface area (Å²) in [5, 5.41) is 0. The number of benzene rings is 1. The van der Waals surface area contributed by atoms with Gasteiger partial charge in [-0.15, -0.1) is 0 Å². The number of rotatable bonds is 3. The molecule has 2 aromatic rings. The average Bonchev–Trinajstić information content (AvgIpc) is 2.62. The largest absolute Gasteiger partial charge is 0.441 e. The summed E-state index contributed by atoms with van der Waals surface area (Å²) in [7, 11) is 0. The van der Waals surface area contributed by atoms with Gasteiger partial charge in [-0.1, -0.05) is 0 Å². The highest BCUT2D eigenvalue weighted by atomic mass is 19.1. The highest BCUT2D eigenvalue weighted by Crippen LogP contribution is 2.22. The van der Waals surface area contributed by atoms with E-state index in [9.17, 15) is 4.39 Å². The van der Waals surface area contributed by atoms with Crippen molar-refractivity contribution < 1.29 is 8.81 Å². The number of hydrogen-bond donors (Lipinski definition) is 1. The molecular formula is C12H13FN2O. The molecule has 4 heteroatoms. The maximum atomic E-state index is 12.7. The summed E-state index contributed by atoms with van der Waals surface area (Å²) in [4.78, 5) is 4.28. The van der Waals surface area contributed by atoms with Crippen LogP contribution in [0.4, 0.5) is 4.39 Å². The summed E-state index contributed by atoms with van der Waals surface area (Å²) in [6.45, 7) is 2.40. The Bertz CT molecular complexity index is 476. The van der Waals surface area contributed by atoms with Crippen molar-refractivity contribution in [3.8, 4) is 11.5 Å². The van der Waals surface area contributed by atoms with Gasteiger partial charge in [0.1, 0.15) is 11.6 Å². The molecular weight excluding hydrogens is 207 g/mol. The summed E-state index contributed by atoms with van der Waals surface area (Å²) in [5.41, 5.74) is 7.07. The van der Waals surface area contributed by atoms with Gasteiger partial charge < -0.3 is 10.2 Å². The van der Waals surface area contributed by atoms with Crippen molar-refractivity contribution >= 4 is 0 Å². The molecule has 1 aromatic heterocycles. The van der Waals surface area contributed by atoms with E-state index in [4.69, 9.17) is 10.2 Å². The van der Waals surface area contributed by atoms with Crippen molar-refractivity contribution in [2.24, 2.45) is 5.73 Å². The zero-order chi connectivity index (χ0) is 11.5. The first-order chi connectivity index (χ1) is 7.70. The second-order valence-electron chi connectivity index (χ2n) is 3.57. The van der Waals surface area contributed by atoms with Crippen LogP contribution in [-0.4, -0.2) is 11.5 Å². The molecule has 1 heterocycles. The Morgan fingerprint density at radius 2 is 2.00 bits per heavy atom. The lowest BCUT2D eigenvalue weighted by Gasteiger charge is -1.95. The Labute approximate surface area is 93.1 Å². The van der Waals surface area contributed by atoms with Gasteiger partial charge in [0.05, 0.1) is 5.69 Å². The molecule has 0 fully saturated rings. The second-order valence-corrected chi connectivity index (χ2v) is 3.57. The van der Waals surface area contributed by atoms with Gasteiger partial charge in [-0.3, -0.25) is 0 Å². The highest BCUT2D eigenvalue weighted by molar-refractivity contribution is 5.53. The van der Waals surface area contributed by atoms with Crippen molar-refractivity contribution in [2.45, 2.75) is 13.3 Å². The fraction of sp³-hybridized carbons (Fsp3) is 0.250. The van der Waals surface area contributed by atoms with Crippen LogP contribution in [0.3, 0.4) is 0 Å². The molecule has 0 saturated heterocycles. The van der Waals surface area contributed by atoms with Crippen LogP contribution in [0, 0.1) is 12.7 Å². The molecule has 0 aliphatic heterocycles. The zero-order valence-electron chi connectivity index (χ0n) is 9.03. The molecule has 2 N–H and O–H groups in total. The fourth-order valence-electron chi connectivity index (χ4n) is 1.51. The molecule has 0 saturated carbocycles. The highest BCUT2D eigenvalue weighted by Gasteiger charge is 2.10. The van der Waals surface area contributed by atoms with E-state index >= 15 is 0 Å². The molecule has 0 radical (unpaired) electrons. The standard InChI is InChI=1S/C12H13FN2O/c1-8-11(6-7-14)16-12(15-8)9-2-4-10(13)5-3-9/h2-5H,6-7,14H2,1H3. The van der Waals surface area contributed by atoms with E-state index in [0.717, 1.165) is 17.0 Å². The molecule has 16 heavy (non-hydrogen) atoms. The minimum absolute atomic E-state index is 0.269. The van der Waals surface area contributed by atoms with Crippen molar-refractivity contribution in [3.05, 3.63) is 41.5 Å². The topological polar surface area (TPSA) is 52.0 Å². The average molecular weight is 220 g/mol. The monoisotopic (exact) mass is 220 g/mol. The van der Waals surface area contributed by atoms with Crippen molar-refractivity contribution in [3.63, 3.8) is 0 Å². The summed E-state index contributed by atoms with van der Waals surface area (Å²) in [5.74, 6) is 1.04. The van der Waals surface area contributed by atoms with Crippen LogP contribution in [0.15, 0.2) is 28.7 Å². The molecule has 0 amide bonds. The van der Waals surface area contributed by atoms with Gasteiger partial charge in [0.25, 0.3) is 0 Å². The minimum Gasteiger partial charge on any atom is -0.441 e. The number of halogens is 1. The van der Waals surface area contributed by atoms with E-state index < -0.39 is 0 Å². The lowest BCUT2D eigenvalue weighted by Crippen LogP contribution is -2.02. The maximum absolute atomic E-state index is 12.7. The molecule has 3 nitrogen and oxygen atoms in total. The Balaban J connectivity index is 2.33. The second kappa shape index (κ2) is 4.45. The van der Waals surface area contributed by atoms with E-state index in [-0.39, 0.29) is 5.82 Å². The SMILES string of the molecule is Cc1nc(-c2ccc(F)cc2)oc1CCN. The van der Waals surface area contributed by atoms with Gasteiger partial charge in [0.2, 0.25) is 5.89 Å². The number of nitrogens with zero attached hydrogens (tertiary/aromatic N) is 1. The van der Waals surface area contributed by atoms with E-state index in [1.807, 2.05) is 6.92 Å². The number of nitrogens with two attached hydrogens (primary N) is 1. The molecule has 0 aliphatic carbocycles. The normalized spacial score (nSPS) is 10.7. The molecule has 0 aliphatic rings. The third-order valence-electron chi connectivity index (χ3n) is 2.36. The summed E-state index contributed by atoms with van der Waals surface area (Å²) < 4.78 is 18.3. The smallest absolute Gasteiger partial charge is 0.226 e. The molecule has 2 rings (SSSR count). The Morgan fingerprint density at radius 1 is 1.31 bits per heavy atom. The zero-order valence-corrected chi connectivity index (χ0v) is 9.03. The van der Waals surface area contributed by atoms with E-state index in [1.54, 1.807) is 12.1 Å². The summed E-state index contributed by atoms with van der Waals surface area (Å²) >= 11 is 0. The predicted molar refractivity (Wildman–Crippen MR) is 59.4 cm³/mol. The molecule has 0 bridgehead atoms. The first-order valence-electron chi connectivity index (χ1n) is 5.13. The number of aryl methyl sites for hydroxylation is 1. The lowest BCUT2D eigenvalue weighted by atomic mass is 10.2. The van der Waals surface area contributed by atoms with Crippen molar-refractivity contribution in [2.75, 3.05) is 6.54 Å². The van der Waals surface area contributed by atoms with Crippen LogP contribution in [0.5, 0.6) is 0 Å². The fourth-order valence-corrected chi connectivity index (χ4v) is 1.51. The minimum atomic E-state index is -0.269. The van der Waals surface area contributed by atoms with E-state index in [1.165, 1.54) is 12.1 Å². The van der Waals surface area contributed by atoms with Crippen molar-refractivity contribution in [1.29, 1.82) is 0 Å². The predicted octanol–water partition coefficient (Wildman–Crippen LogP) is 2.29. The van der Waals surface area contributed by atoms with Crippen molar-refractivity contribution in [1.82, 2.24) is 4.98 Å². The molecule has 1 aromatic carbocycles. The number of aromatic nitrogens is 1. The van der Waals surface area contributed by atoms with Gasteiger partial charge in [-0.2, -0.15) is 0 Å². The van der Waals surface area contributed by atoms with Crippen LogP contribution >= 0.6 is 0 Å². The van der Waals surface area contributed by atoms with Crippen LogP contribution in [-0.2, 0) is 6.42 Å². The van der Waals surface area contributed by atoms with Gasteiger partial charge in [0.15, 0.2) is 0 Å². The van der Waals surface area contributed by atoms with E-state index in [0.29, 0.717) is 18.9 Å². The Morgan fingerprint density at radius 3 is 2.62 bits per heavy atom. The Kier molecular flexibility index (Phi) is 3.01. The van der Waals surface area contributed by atoms with Gasteiger partial charge >= 0.3 is 0 Å². The third-order valence-corrected chi connectivity index (χ3v) is 2.36. The molecule has 0 atom stereocenters. The molecule has 0 spiro atoms.